The summed E-state index contributed by atoms with van der Waals surface area (Å²) >= 11 is 2.46. The van der Waals surface area contributed by atoms with Crippen LogP contribution < -0.4 is 0 Å². The fourth-order valence-electron chi connectivity index (χ4n) is 2.01. The third kappa shape index (κ3) is 2.85. The van der Waals surface area contributed by atoms with Crippen LogP contribution in [0.4, 0.5) is 0 Å². The molecular formula is C15H15I. The Balaban J connectivity index is 2.31. The van der Waals surface area contributed by atoms with E-state index in [1.807, 2.05) is 0 Å². The fraction of sp³-hybridized carbons (Fsp3) is 0.200. The SMILES string of the molecule is ICCC(c1ccccc1)c1ccccc1. The van der Waals surface area contributed by atoms with Gasteiger partial charge < -0.3 is 0 Å². The lowest BCUT2D eigenvalue weighted by Crippen LogP contribution is -2.01. The van der Waals surface area contributed by atoms with Crippen molar-refractivity contribution < 1.29 is 0 Å². The summed E-state index contributed by atoms with van der Waals surface area (Å²) in [5.74, 6) is 0.541. The molecule has 1 heteroatoms. The molecule has 0 fully saturated rings. The van der Waals surface area contributed by atoms with Gasteiger partial charge in [0.15, 0.2) is 0 Å². The molecule has 0 N–H and O–H groups in total. The van der Waals surface area contributed by atoms with Crippen molar-refractivity contribution in [2.45, 2.75) is 12.3 Å². The van der Waals surface area contributed by atoms with Crippen molar-refractivity contribution in [1.29, 1.82) is 0 Å². The number of alkyl halides is 1. The van der Waals surface area contributed by atoms with Crippen LogP contribution in [0.1, 0.15) is 23.5 Å². The Labute approximate surface area is 111 Å². The minimum Gasteiger partial charge on any atom is -0.0863 e. The van der Waals surface area contributed by atoms with Crippen LogP contribution in [0.3, 0.4) is 0 Å². The van der Waals surface area contributed by atoms with E-state index in [1.165, 1.54) is 22.0 Å². The first kappa shape index (κ1) is 11.6. The highest BCUT2D eigenvalue weighted by molar-refractivity contribution is 14.1. The molecule has 0 atom stereocenters. The van der Waals surface area contributed by atoms with Gasteiger partial charge in [-0.3, -0.25) is 0 Å². The molecule has 0 aliphatic heterocycles. The highest BCUT2D eigenvalue weighted by atomic mass is 127. The van der Waals surface area contributed by atoms with Gasteiger partial charge >= 0.3 is 0 Å². The second-order valence-corrected chi connectivity index (χ2v) is 4.93. The first-order valence-corrected chi connectivity index (χ1v) is 7.10. The standard InChI is InChI=1S/C15H15I/c16-12-11-15(13-7-3-1-4-8-13)14-9-5-2-6-10-14/h1-10,15H,11-12H2. The molecule has 0 amide bonds. The molecule has 0 radical (unpaired) electrons. The molecule has 2 aromatic carbocycles. The summed E-state index contributed by atoms with van der Waals surface area (Å²) in [5, 5.41) is 0. The van der Waals surface area contributed by atoms with E-state index in [-0.39, 0.29) is 0 Å². The third-order valence-electron chi connectivity index (χ3n) is 2.80. The Morgan fingerprint density at radius 3 is 1.56 bits per heavy atom. The summed E-state index contributed by atoms with van der Waals surface area (Å²) in [6.45, 7) is 0. The smallest absolute Gasteiger partial charge is 0.00966 e. The summed E-state index contributed by atoms with van der Waals surface area (Å²) in [7, 11) is 0. The van der Waals surface area contributed by atoms with E-state index in [1.54, 1.807) is 0 Å². The minimum atomic E-state index is 0.541. The van der Waals surface area contributed by atoms with Crippen LogP contribution in [0.25, 0.3) is 0 Å². The van der Waals surface area contributed by atoms with Gasteiger partial charge in [-0.05, 0) is 17.5 Å². The molecule has 0 nitrogen and oxygen atoms in total. The van der Waals surface area contributed by atoms with E-state index in [4.69, 9.17) is 0 Å². The second-order valence-electron chi connectivity index (χ2n) is 3.85. The first-order valence-electron chi connectivity index (χ1n) is 5.57. The quantitative estimate of drug-likeness (QED) is 0.568. The zero-order valence-electron chi connectivity index (χ0n) is 9.14. The van der Waals surface area contributed by atoms with Crippen LogP contribution in [0.15, 0.2) is 60.7 Å². The van der Waals surface area contributed by atoms with Gasteiger partial charge in [-0.15, -0.1) is 0 Å². The maximum absolute atomic E-state index is 2.46. The number of rotatable bonds is 4. The highest BCUT2D eigenvalue weighted by Gasteiger charge is 2.12. The van der Waals surface area contributed by atoms with Gasteiger partial charge in [-0.25, -0.2) is 0 Å². The predicted molar refractivity (Wildman–Crippen MR) is 78.2 cm³/mol. The van der Waals surface area contributed by atoms with Gasteiger partial charge in [0.1, 0.15) is 0 Å². The molecule has 16 heavy (non-hydrogen) atoms. The van der Waals surface area contributed by atoms with Crippen molar-refractivity contribution in [3.05, 3.63) is 71.8 Å². The average molecular weight is 322 g/mol. The van der Waals surface area contributed by atoms with Crippen LogP contribution in [0.5, 0.6) is 0 Å². The van der Waals surface area contributed by atoms with Crippen molar-refractivity contribution in [3.63, 3.8) is 0 Å². The molecule has 0 saturated heterocycles. The van der Waals surface area contributed by atoms with E-state index < -0.39 is 0 Å². The van der Waals surface area contributed by atoms with Crippen LogP contribution in [0.2, 0.25) is 0 Å². The molecule has 0 aliphatic carbocycles. The van der Waals surface area contributed by atoms with Crippen molar-refractivity contribution in [2.24, 2.45) is 0 Å². The molecule has 2 rings (SSSR count). The molecule has 0 bridgehead atoms. The summed E-state index contributed by atoms with van der Waals surface area (Å²) in [5.41, 5.74) is 2.84. The molecular weight excluding hydrogens is 307 g/mol. The Morgan fingerprint density at radius 2 is 1.19 bits per heavy atom. The van der Waals surface area contributed by atoms with Crippen LogP contribution in [-0.4, -0.2) is 4.43 Å². The summed E-state index contributed by atoms with van der Waals surface area (Å²) in [4.78, 5) is 0. The molecule has 2 aromatic rings. The number of hydrogen-bond acceptors (Lipinski definition) is 0. The number of halogens is 1. The monoisotopic (exact) mass is 322 g/mol. The zero-order valence-corrected chi connectivity index (χ0v) is 11.3. The van der Waals surface area contributed by atoms with E-state index >= 15 is 0 Å². The van der Waals surface area contributed by atoms with Gasteiger partial charge in [-0.1, -0.05) is 83.3 Å². The number of benzene rings is 2. The van der Waals surface area contributed by atoms with E-state index in [9.17, 15) is 0 Å². The minimum absolute atomic E-state index is 0.541. The summed E-state index contributed by atoms with van der Waals surface area (Å²) in [6, 6.07) is 21.6. The van der Waals surface area contributed by atoms with E-state index in [0.29, 0.717) is 5.92 Å². The Hall–Kier alpha value is -0.830. The first-order chi connectivity index (χ1) is 7.92. The lowest BCUT2D eigenvalue weighted by molar-refractivity contribution is 0.793. The molecule has 82 valence electrons. The van der Waals surface area contributed by atoms with Gasteiger partial charge in [-0.2, -0.15) is 0 Å². The topological polar surface area (TPSA) is 0 Å². The van der Waals surface area contributed by atoms with Crippen LogP contribution in [-0.2, 0) is 0 Å². The third-order valence-corrected chi connectivity index (χ3v) is 3.42. The van der Waals surface area contributed by atoms with Gasteiger partial charge in [0.25, 0.3) is 0 Å². The van der Waals surface area contributed by atoms with E-state index in [0.717, 1.165) is 0 Å². The van der Waals surface area contributed by atoms with Crippen LogP contribution in [0, 0.1) is 0 Å². The van der Waals surface area contributed by atoms with E-state index in [2.05, 4.69) is 83.3 Å². The highest BCUT2D eigenvalue weighted by Crippen LogP contribution is 2.28. The van der Waals surface area contributed by atoms with Crippen molar-refractivity contribution >= 4 is 22.6 Å². The van der Waals surface area contributed by atoms with Gasteiger partial charge in [0.05, 0.1) is 0 Å². The van der Waals surface area contributed by atoms with Gasteiger partial charge in [0, 0.05) is 10.3 Å². The largest absolute Gasteiger partial charge is 0.0863 e. The Kier molecular flexibility index (Phi) is 4.40. The normalized spacial score (nSPS) is 10.6. The summed E-state index contributed by atoms with van der Waals surface area (Å²) in [6.07, 6.45) is 1.20. The molecule has 0 unspecified atom stereocenters. The van der Waals surface area contributed by atoms with Gasteiger partial charge in [0.2, 0.25) is 0 Å². The maximum Gasteiger partial charge on any atom is 0.00966 e. The average Bonchev–Trinajstić information content (AvgIpc) is 2.38. The predicted octanol–water partition coefficient (Wildman–Crippen LogP) is 4.64. The van der Waals surface area contributed by atoms with Crippen molar-refractivity contribution in [3.8, 4) is 0 Å². The van der Waals surface area contributed by atoms with Crippen LogP contribution >= 0.6 is 22.6 Å². The molecule has 0 spiro atoms. The molecule has 0 saturated carbocycles. The lowest BCUT2D eigenvalue weighted by atomic mass is 9.89. The van der Waals surface area contributed by atoms with Crippen molar-refractivity contribution in [1.82, 2.24) is 0 Å². The van der Waals surface area contributed by atoms with Crippen molar-refractivity contribution in [2.75, 3.05) is 4.43 Å². The molecule has 0 aromatic heterocycles. The molecule has 0 aliphatic rings. The number of hydrogen-bond donors (Lipinski definition) is 0. The Bertz CT molecular complexity index is 368. The summed E-state index contributed by atoms with van der Waals surface area (Å²) < 4.78 is 1.19. The zero-order chi connectivity index (χ0) is 11.2. The Morgan fingerprint density at radius 1 is 0.750 bits per heavy atom. The molecule has 0 heterocycles. The second kappa shape index (κ2) is 6.04. The lowest BCUT2D eigenvalue weighted by Gasteiger charge is -2.16. The fourth-order valence-corrected chi connectivity index (χ4v) is 2.63. The maximum atomic E-state index is 2.46.